The van der Waals surface area contributed by atoms with Gasteiger partial charge >= 0.3 is 6.18 Å². The molecule has 2 fully saturated rings. The highest BCUT2D eigenvalue weighted by Crippen LogP contribution is 2.36. The molecule has 0 spiro atoms. The number of nitrogens with zero attached hydrogens (tertiary/aromatic N) is 2. The highest BCUT2D eigenvalue weighted by molar-refractivity contribution is 5.28. The third-order valence-electron chi connectivity index (χ3n) is 7.06. The number of hydrogen-bond acceptors (Lipinski definition) is 5. The standard InChI is InChI=1S/C29H34F4N2O3/c1-21(23-17-24(29(31,32)33)19-25(30)18-23)38-28-27(22-9-4-3-5-10-22)35(15-16-37-28)13-7-6-12-34-14-8-11-26(34)20-36-2/h3-5,9-10,17-19,21,26-28H,8,11-16,20H2,1-2H3/t21?,26-,27-,28+/m0/s1. The summed E-state index contributed by atoms with van der Waals surface area (Å²) in [7, 11) is 1.72. The van der Waals surface area contributed by atoms with Gasteiger partial charge in [-0.05, 0) is 55.6 Å². The molecule has 9 heteroatoms. The molecule has 38 heavy (non-hydrogen) atoms. The molecular formula is C29H34F4N2O3. The van der Waals surface area contributed by atoms with Crippen LogP contribution in [0.3, 0.4) is 0 Å². The number of hydrogen-bond donors (Lipinski definition) is 0. The molecule has 2 aromatic carbocycles. The summed E-state index contributed by atoms with van der Waals surface area (Å²) in [5.41, 5.74) is -0.00299. The fourth-order valence-electron chi connectivity index (χ4n) is 5.09. The van der Waals surface area contributed by atoms with Gasteiger partial charge in [0.15, 0.2) is 6.29 Å². The van der Waals surface area contributed by atoms with Crippen LogP contribution in [0.2, 0.25) is 0 Å². The smallest absolute Gasteiger partial charge is 0.383 e. The van der Waals surface area contributed by atoms with E-state index >= 15 is 0 Å². The minimum atomic E-state index is -4.65. The molecule has 4 rings (SSSR count). The maximum Gasteiger partial charge on any atom is 0.416 e. The fraction of sp³-hybridized carbons (Fsp3) is 0.517. The van der Waals surface area contributed by atoms with E-state index in [0.29, 0.717) is 45.0 Å². The quantitative estimate of drug-likeness (QED) is 0.333. The van der Waals surface area contributed by atoms with Crippen LogP contribution in [0.4, 0.5) is 17.6 Å². The van der Waals surface area contributed by atoms with Crippen LogP contribution in [0.25, 0.3) is 0 Å². The lowest BCUT2D eigenvalue weighted by atomic mass is 10.0. The van der Waals surface area contributed by atoms with Crippen molar-refractivity contribution in [3.8, 4) is 11.8 Å². The predicted molar refractivity (Wildman–Crippen MR) is 136 cm³/mol. The Bertz CT molecular complexity index is 1100. The summed E-state index contributed by atoms with van der Waals surface area (Å²) in [5, 5.41) is 0. The lowest BCUT2D eigenvalue weighted by molar-refractivity contribution is -0.228. The van der Waals surface area contributed by atoms with E-state index in [4.69, 9.17) is 14.2 Å². The Kier molecular flexibility index (Phi) is 9.80. The van der Waals surface area contributed by atoms with E-state index in [-0.39, 0.29) is 11.6 Å². The van der Waals surface area contributed by atoms with E-state index in [9.17, 15) is 17.6 Å². The van der Waals surface area contributed by atoms with Crippen molar-refractivity contribution in [1.29, 1.82) is 0 Å². The largest absolute Gasteiger partial charge is 0.416 e. The summed E-state index contributed by atoms with van der Waals surface area (Å²) in [5.74, 6) is 5.62. The van der Waals surface area contributed by atoms with Crippen LogP contribution in [0.1, 0.15) is 48.6 Å². The molecule has 0 aromatic heterocycles. The Labute approximate surface area is 221 Å². The molecule has 5 nitrogen and oxygen atoms in total. The Morgan fingerprint density at radius 3 is 2.50 bits per heavy atom. The second-order valence-corrected chi connectivity index (χ2v) is 9.69. The normalized spacial score (nSPS) is 23.7. The molecular weight excluding hydrogens is 500 g/mol. The molecule has 2 aliphatic heterocycles. The number of halogens is 4. The summed E-state index contributed by atoms with van der Waals surface area (Å²) >= 11 is 0. The third kappa shape index (κ3) is 7.33. The second-order valence-electron chi connectivity index (χ2n) is 9.69. The van der Waals surface area contributed by atoms with Crippen LogP contribution in [0.5, 0.6) is 0 Å². The van der Waals surface area contributed by atoms with Crippen LogP contribution >= 0.6 is 0 Å². The first-order valence-electron chi connectivity index (χ1n) is 12.9. The predicted octanol–water partition coefficient (Wildman–Crippen LogP) is 5.44. The minimum Gasteiger partial charge on any atom is -0.383 e. The second kappa shape index (κ2) is 13.0. The van der Waals surface area contributed by atoms with Gasteiger partial charge in [0.25, 0.3) is 0 Å². The number of methoxy groups -OCH3 is 1. The van der Waals surface area contributed by atoms with Crippen LogP contribution in [0.15, 0.2) is 48.5 Å². The van der Waals surface area contributed by atoms with Gasteiger partial charge in [0.05, 0.1) is 44.0 Å². The van der Waals surface area contributed by atoms with Gasteiger partial charge in [-0.2, -0.15) is 13.2 Å². The highest BCUT2D eigenvalue weighted by atomic mass is 19.4. The zero-order valence-electron chi connectivity index (χ0n) is 21.7. The molecule has 0 aliphatic carbocycles. The summed E-state index contributed by atoms with van der Waals surface area (Å²) < 4.78 is 71.2. The maximum atomic E-state index is 14.0. The van der Waals surface area contributed by atoms with E-state index in [1.807, 2.05) is 30.3 Å². The maximum absolute atomic E-state index is 14.0. The molecule has 0 bridgehead atoms. The summed E-state index contributed by atoms with van der Waals surface area (Å²) in [6.45, 7) is 5.47. The number of rotatable bonds is 8. The summed E-state index contributed by atoms with van der Waals surface area (Å²) in [6.07, 6.45) is -4.00. The van der Waals surface area contributed by atoms with Gasteiger partial charge in [0, 0.05) is 19.7 Å². The van der Waals surface area contributed by atoms with Gasteiger partial charge in [-0.25, -0.2) is 4.39 Å². The van der Waals surface area contributed by atoms with Crippen molar-refractivity contribution < 1.29 is 31.8 Å². The first-order valence-corrected chi connectivity index (χ1v) is 12.9. The summed E-state index contributed by atoms with van der Waals surface area (Å²) in [4.78, 5) is 4.50. The SMILES string of the molecule is COC[C@@H]1CCCN1CC#CCN1CCO[C@H](OC(C)c2cc(F)cc(C(F)(F)F)c2)[C@@H]1c1ccccc1. The van der Waals surface area contributed by atoms with Crippen LogP contribution in [-0.4, -0.2) is 68.6 Å². The fourth-order valence-corrected chi connectivity index (χ4v) is 5.09. The molecule has 2 saturated heterocycles. The first kappa shape index (κ1) is 28.5. The van der Waals surface area contributed by atoms with E-state index in [1.54, 1.807) is 14.0 Å². The van der Waals surface area contributed by atoms with Crippen molar-refractivity contribution in [2.45, 2.75) is 50.4 Å². The molecule has 206 valence electrons. The molecule has 0 radical (unpaired) electrons. The van der Waals surface area contributed by atoms with Crippen molar-refractivity contribution in [2.75, 3.05) is 46.5 Å². The third-order valence-corrected chi connectivity index (χ3v) is 7.06. The molecule has 0 saturated carbocycles. The molecule has 4 atom stereocenters. The van der Waals surface area contributed by atoms with E-state index in [2.05, 4.69) is 21.6 Å². The van der Waals surface area contributed by atoms with Gasteiger partial charge in [0.2, 0.25) is 0 Å². The Hall–Kier alpha value is -2.48. The van der Waals surface area contributed by atoms with Crippen molar-refractivity contribution in [3.63, 3.8) is 0 Å². The van der Waals surface area contributed by atoms with E-state index in [1.165, 1.54) is 0 Å². The van der Waals surface area contributed by atoms with E-state index in [0.717, 1.165) is 37.1 Å². The van der Waals surface area contributed by atoms with Crippen LogP contribution in [-0.2, 0) is 20.4 Å². The lowest BCUT2D eigenvalue weighted by Crippen LogP contribution is -2.46. The monoisotopic (exact) mass is 534 g/mol. The minimum absolute atomic E-state index is 0.0980. The van der Waals surface area contributed by atoms with Gasteiger partial charge in [-0.15, -0.1) is 0 Å². The average molecular weight is 535 g/mol. The van der Waals surface area contributed by atoms with Crippen molar-refractivity contribution in [3.05, 3.63) is 71.0 Å². The Morgan fingerprint density at radius 2 is 1.79 bits per heavy atom. The van der Waals surface area contributed by atoms with Crippen molar-refractivity contribution in [2.24, 2.45) is 0 Å². The van der Waals surface area contributed by atoms with Crippen molar-refractivity contribution >= 4 is 0 Å². The van der Waals surface area contributed by atoms with Gasteiger partial charge in [-0.1, -0.05) is 42.2 Å². The van der Waals surface area contributed by atoms with Crippen molar-refractivity contribution in [1.82, 2.24) is 9.80 Å². The lowest BCUT2D eigenvalue weighted by Gasteiger charge is -2.41. The average Bonchev–Trinajstić information content (AvgIpc) is 3.33. The number of alkyl halides is 3. The molecule has 1 unspecified atom stereocenters. The molecule has 0 N–H and O–H groups in total. The Morgan fingerprint density at radius 1 is 1.05 bits per heavy atom. The van der Waals surface area contributed by atoms with E-state index < -0.39 is 30.0 Å². The molecule has 2 aliphatic rings. The van der Waals surface area contributed by atoms with Crippen LogP contribution < -0.4 is 0 Å². The van der Waals surface area contributed by atoms with Gasteiger partial charge in [0.1, 0.15) is 5.82 Å². The first-order chi connectivity index (χ1) is 18.3. The number of benzene rings is 2. The Balaban J connectivity index is 1.49. The zero-order chi connectivity index (χ0) is 27.1. The highest BCUT2D eigenvalue weighted by Gasteiger charge is 2.36. The molecule has 2 heterocycles. The topological polar surface area (TPSA) is 34.2 Å². The van der Waals surface area contributed by atoms with Gasteiger partial charge < -0.3 is 14.2 Å². The van der Waals surface area contributed by atoms with Gasteiger partial charge in [-0.3, -0.25) is 9.80 Å². The zero-order valence-corrected chi connectivity index (χ0v) is 21.7. The number of likely N-dealkylation sites (tertiary alicyclic amines) is 1. The molecule has 0 amide bonds. The molecule has 2 aromatic rings. The number of morpholine rings is 1. The van der Waals surface area contributed by atoms with Crippen LogP contribution in [0, 0.1) is 17.7 Å². The summed E-state index contributed by atoms with van der Waals surface area (Å²) in [6, 6.07) is 12.2. The number of ether oxygens (including phenoxy) is 3.